The van der Waals surface area contributed by atoms with Crippen LogP contribution in [0, 0.1) is 17.8 Å². The lowest BCUT2D eigenvalue weighted by Crippen LogP contribution is -2.35. The van der Waals surface area contributed by atoms with E-state index in [-0.39, 0.29) is 127 Å². The molecule has 8 heterocycles. The predicted octanol–water partition coefficient (Wildman–Crippen LogP) is 22.3. The second kappa shape index (κ2) is 51.5. The summed E-state index contributed by atoms with van der Waals surface area (Å²) in [5.74, 6) is 4.95. The number of benzene rings is 4. The van der Waals surface area contributed by atoms with Crippen molar-refractivity contribution in [3.8, 4) is 90.5 Å². The molecule has 0 amide bonds. The zero-order valence-electron chi connectivity index (χ0n) is 83.2. The van der Waals surface area contributed by atoms with E-state index < -0.39 is 10.8 Å². The zero-order valence-corrected chi connectivity index (χ0v) is 90.7. The number of anilines is 3. The number of nitrogens with two attached hydrogens (primary N) is 2. The standard InChI is InChI=1S/C28H34Cl2N4O5.C26H28Cl2N4O4.C22H25Cl2N5O3.C17H14Cl3N3O3.C6H13N.C3H3ClO/c1-7-34-25-16(11-17(26(34)36)22-23(29)19(37-5)13-20(38-6)24(22)30)14-31-27(33-25)32-18-10-8-9-15(18)12-21(35)39-28(2,3)4;1-5-16(33)10-14-8-7-9-18(14)30-26-29-13-15-11-17(25(34)32(6-2)24(15)31-26)21-22(27)19(35-3)12-20(36-4)23(21)28;1-4-29-20-11(10-26-22(28-20)27-14-7-5-6-13(14)25)8-12(21(29)30)17-18(23)15(31-2)9-16(32-3)19(17)24;1-4-23-15-8(7-21-17(20)22-15)5-9(16(23)24)12-13(18)10(25-2)6-11(26-3)14(12)19;1-5-3-2-4-6(5)7;1-2-3(4)5/h11,13-15,18H,7-10,12H2,1-6H3,(H,31,32,33);5,11-14,18H,1,6-10H2,2-4H3,(H,29,30,31);8-10,13-14H,4-7,25H2,1-3H3,(H,26,27,28);5-7H,4H2,1-3H3;5-6H,2-4,7H2,1H3;2H,1H2/t15-,18?;14-,18?;13-,14?;;5-,6+;/m110.0./s1. The van der Waals surface area contributed by atoms with Gasteiger partial charge in [-0.15, -0.1) is 0 Å². The van der Waals surface area contributed by atoms with Crippen molar-refractivity contribution < 1.29 is 57.0 Å². The van der Waals surface area contributed by atoms with Crippen LogP contribution in [-0.4, -0.2) is 168 Å². The van der Waals surface area contributed by atoms with Crippen LogP contribution in [0.25, 0.3) is 88.6 Å². The molecule has 0 saturated heterocycles. The molecule has 16 rings (SSSR count). The summed E-state index contributed by atoms with van der Waals surface area (Å²) in [6.45, 7) is 23.4. The number of esters is 1. The first-order valence-electron chi connectivity index (χ1n) is 46.9. The Balaban J connectivity index is 0.000000178. The number of aryl methyl sites for hydroxylation is 4. The lowest BCUT2D eigenvalue weighted by atomic mass is 9.97. The topological polar surface area (TPSA) is 414 Å². The molecule has 145 heavy (non-hydrogen) atoms. The average molecular weight is 2190 g/mol. The van der Waals surface area contributed by atoms with Gasteiger partial charge in [0.25, 0.3) is 22.2 Å². The summed E-state index contributed by atoms with van der Waals surface area (Å²) < 4.78 is 54.5. The van der Waals surface area contributed by atoms with E-state index in [1.54, 1.807) is 87.0 Å². The first kappa shape index (κ1) is 114. The molecule has 0 spiro atoms. The molecule has 4 saturated carbocycles. The van der Waals surface area contributed by atoms with E-state index >= 15 is 0 Å². The molecule has 4 aromatic carbocycles. The number of hydrogen-bond donors (Lipinski definition) is 5. The number of aromatic nitrogens is 12. The minimum Gasteiger partial charge on any atom is -0.495 e. The molecule has 0 radical (unpaired) electrons. The molecule has 43 heteroatoms. The molecule has 4 aliphatic rings. The summed E-state index contributed by atoms with van der Waals surface area (Å²) in [7, 11) is 11.8. The van der Waals surface area contributed by atoms with E-state index in [0.717, 1.165) is 69.8 Å². The van der Waals surface area contributed by atoms with Crippen molar-refractivity contribution in [1.82, 2.24) is 58.1 Å². The van der Waals surface area contributed by atoms with Crippen molar-refractivity contribution in [1.29, 1.82) is 0 Å². The van der Waals surface area contributed by atoms with Crippen LogP contribution < -0.4 is 87.5 Å². The maximum absolute atomic E-state index is 13.7. The van der Waals surface area contributed by atoms with E-state index in [0.29, 0.717) is 186 Å². The number of nitrogens with one attached hydrogen (secondary N) is 3. The predicted molar refractivity (Wildman–Crippen MR) is 578 cm³/mol. The minimum atomic E-state index is -0.521. The van der Waals surface area contributed by atoms with Gasteiger partial charge in [0, 0.05) is 156 Å². The van der Waals surface area contributed by atoms with Crippen LogP contribution in [0.3, 0.4) is 0 Å². The van der Waals surface area contributed by atoms with Gasteiger partial charge in [0.15, 0.2) is 5.78 Å². The van der Waals surface area contributed by atoms with Crippen LogP contribution in [0.1, 0.15) is 145 Å². The highest BCUT2D eigenvalue weighted by molar-refractivity contribution is 6.66. The number of ketones is 1. The number of halogens is 10. The number of ether oxygens (including phenoxy) is 9. The minimum absolute atomic E-state index is 0.0258. The highest BCUT2D eigenvalue weighted by Crippen LogP contribution is 2.51. The van der Waals surface area contributed by atoms with E-state index in [1.165, 1.54) is 86.8 Å². The molecule has 7 N–H and O–H groups in total. The van der Waals surface area contributed by atoms with Crippen LogP contribution in [0.4, 0.5) is 17.8 Å². The van der Waals surface area contributed by atoms with Gasteiger partial charge in [-0.25, -0.2) is 19.9 Å². The second-order valence-corrected chi connectivity index (χ2v) is 39.1. The van der Waals surface area contributed by atoms with Crippen molar-refractivity contribution >= 4 is 195 Å². The zero-order chi connectivity index (χ0) is 106. The number of carbonyl (C=O) groups excluding carboxylic acids is 3. The SMILES string of the molecule is C=CC(=O)C[C@H]1CCCC1Nc1ncc2cc(-c3c(Cl)c(OC)cc(OC)c3Cl)c(=O)n(CC)c2n1.C=CC(=O)Cl.CCn1c(=O)c(-c2c(Cl)c(OC)cc(OC)c2Cl)cc2cnc(Cl)nc21.CCn1c(=O)c(-c2c(Cl)c(OC)cc(OC)c2Cl)cc2cnc(NC3CCC[C@@H]3CC(=O)OC(C)(C)C)nc21.CCn1c(=O)c(-c2c(Cl)c(OC)cc(OC)c2Cl)cc2cnc(NC3CCC[C@@H]3N)nc21.C[C@H]1CCC[C@H]1N. The molecule has 8 aromatic heterocycles. The smallest absolute Gasteiger partial charge is 0.306 e. The molecule has 0 aliphatic heterocycles. The molecule has 8 atom stereocenters. The number of rotatable bonds is 28. The molecule has 4 fully saturated rings. The van der Waals surface area contributed by atoms with Crippen molar-refractivity contribution in [3.63, 3.8) is 0 Å². The third kappa shape index (κ3) is 26.4. The van der Waals surface area contributed by atoms with Crippen LogP contribution in [0.2, 0.25) is 45.5 Å². The van der Waals surface area contributed by atoms with Gasteiger partial charge in [-0.05, 0) is 184 Å². The van der Waals surface area contributed by atoms with Crippen molar-refractivity contribution in [2.24, 2.45) is 29.2 Å². The Hall–Kier alpha value is -11.1. The van der Waals surface area contributed by atoms with E-state index in [9.17, 15) is 33.6 Å². The molecule has 0 bridgehead atoms. The van der Waals surface area contributed by atoms with E-state index in [4.69, 9.17) is 175 Å². The molecule has 3 unspecified atom stereocenters. The average Bonchev–Trinajstić information content (AvgIpc) is 0.958. The van der Waals surface area contributed by atoms with Crippen molar-refractivity contribution in [2.75, 3.05) is 72.8 Å². The number of pyridine rings is 4. The summed E-state index contributed by atoms with van der Waals surface area (Å²) in [4.78, 5) is 123. The molecular weight excluding hydrogens is 2070 g/mol. The molecule has 776 valence electrons. The second-order valence-electron chi connectivity index (χ2n) is 35.4. The van der Waals surface area contributed by atoms with Crippen molar-refractivity contribution in [3.05, 3.63) is 186 Å². The highest BCUT2D eigenvalue weighted by Gasteiger charge is 2.36. The maximum Gasteiger partial charge on any atom is 0.306 e. The first-order valence-corrected chi connectivity index (χ1v) is 50.7. The fourth-order valence-corrected chi connectivity index (χ4v) is 20.9. The van der Waals surface area contributed by atoms with Crippen molar-refractivity contribution in [2.45, 2.75) is 207 Å². The Labute approximate surface area is 888 Å². The Morgan fingerprint density at radius 3 is 0.910 bits per heavy atom. The number of nitrogens with zero attached hydrogens (tertiary/aromatic N) is 12. The fraction of sp³-hybridized carbons (Fsp3) is 0.422. The third-order valence-electron chi connectivity index (χ3n) is 25.4. The normalized spacial score (nSPS) is 17.2. The van der Waals surface area contributed by atoms with E-state index in [2.05, 4.69) is 70.9 Å². The monoisotopic (exact) mass is 2190 g/mol. The van der Waals surface area contributed by atoms with Gasteiger partial charge in [0.2, 0.25) is 28.4 Å². The van der Waals surface area contributed by atoms with Gasteiger partial charge in [0.05, 0.1) is 126 Å². The van der Waals surface area contributed by atoms with Crippen LogP contribution in [-0.2, 0) is 45.3 Å². The lowest BCUT2D eigenvalue weighted by Gasteiger charge is -2.24. The quantitative estimate of drug-likeness (QED) is 0.0132. The molecule has 4 aliphatic carbocycles. The fourth-order valence-electron chi connectivity index (χ4n) is 17.9. The van der Waals surface area contributed by atoms with Crippen LogP contribution in [0.5, 0.6) is 46.0 Å². The Kier molecular flexibility index (Phi) is 40.6. The Bertz CT molecular complexity index is 6970. The number of allylic oxidation sites excluding steroid dienone is 2. The first-order chi connectivity index (χ1) is 69.2. The largest absolute Gasteiger partial charge is 0.495 e. The summed E-state index contributed by atoms with van der Waals surface area (Å²) in [5.41, 5.74) is 14.5. The number of methoxy groups -OCH3 is 8. The highest BCUT2D eigenvalue weighted by atomic mass is 35.5. The van der Waals surface area contributed by atoms with Gasteiger partial charge in [0.1, 0.15) is 74.2 Å². The number of fused-ring (bicyclic) bond motifs is 4. The van der Waals surface area contributed by atoms with E-state index in [1.807, 2.05) is 48.5 Å². The lowest BCUT2D eigenvalue weighted by molar-refractivity contribution is -0.156. The Morgan fingerprint density at radius 2 is 0.662 bits per heavy atom. The van der Waals surface area contributed by atoms with Gasteiger partial charge in [-0.2, -0.15) is 19.9 Å². The molecule has 33 nitrogen and oxygen atoms in total. The van der Waals surface area contributed by atoms with Crippen LogP contribution >= 0.6 is 116 Å². The third-order valence-corrected chi connectivity index (χ3v) is 28.7. The summed E-state index contributed by atoms with van der Waals surface area (Å²) in [5, 5.41) is 14.0. The summed E-state index contributed by atoms with van der Waals surface area (Å²) >= 11 is 63.0. The maximum atomic E-state index is 13.7. The van der Waals surface area contributed by atoms with Gasteiger partial charge < -0.3 is 70.0 Å². The van der Waals surface area contributed by atoms with Crippen LogP contribution in [0.15, 0.2) is 118 Å². The molecule has 12 aromatic rings. The Morgan fingerprint density at radius 1 is 0.393 bits per heavy atom. The summed E-state index contributed by atoms with van der Waals surface area (Å²) in [6, 6.07) is 13.8. The van der Waals surface area contributed by atoms with Gasteiger partial charge in [-0.1, -0.05) is 132 Å². The number of carbonyl (C=O) groups is 3. The van der Waals surface area contributed by atoms with Gasteiger partial charge in [-0.3, -0.25) is 51.8 Å². The van der Waals surface area contributed by atoms with Gasteiger partial charge >= 0.3 is 5.97 Å². The summed E-state index contributed by atoms with van der Waals surface area (Å²) in [6.07, 6.45) is 22.4. The number of hydrogen-bond acceptors (Lipinski definition) is 29. The molecular formula is C102H117Cl10N17O16.